The molecule has 0 unspecified atom stereocenters. The van der Waals surface area contributed by atoms with Crippen molar-refractivity contribution in [1.29, 1.82) is 0 Å². The molecule has 5 nitrogen and oxygen atoms in total. The van der Waals surface area contributed by atoms with Gasteiger partial charge < -0.3 is 10.4 Å². The van der Waals surface area contributed by atoms with E-state index in [2.05, 4.69) is 12.2 Å². The van der Waals surface area contributed by atoms with Gasteiger partial charge in [-0.3, -0.25) is 8.75 Å². The molecule has 0 aliphatic carbocycles. The van der Waals surface area contributed by atoms with E-state index in [1.165, 1.54) is 0 Å². The Kier molecular flexibility index (Phi) is 6.57. The number of hydrogen-bond acceptors (Lipinski definition) is 3. The van der Waals surface area contributed by atoms with Crippen molar-refractivity contribution in [3.05, 3.63) is 70.5 Å². The first-order valence-corrected chi connectivity index (χ1v) is 8.48. The van der Waals surface area contributed by atoms with Crippen LogP contribution in [0.3, 0.4) is 0 Å². The highest BCUT2D eigenvalue weighted by Gasteiger charge is 2.04. The minimum absolute atomic E-state index is 0.155. The molecule has 1 heterocycles. The standard InChI is InChI=1S/C10H11NOS.C8H9NO2/c1-2-7-11-10(12)8-5-3-4-6-9(8)13-11;10-8(11)9-6-7-4-2-1-3-5-7/h3-6H,2,7H2,1H3;1-5,9H,6H2,(H,10,11). The molecule has 0 radical (unpaired) electrons. The minimum Gasteiger partial charge on any atom is -0.465 e. The first kappa shape index (κ1) is 17.7. The van der Waals surface area contributed by atoms with Gasteiger partial charge in [0.25, 0.3) is 5.56 Å². The molecule has 0 spiro atoms. The molecule has 3 rings (SSSR count). The molecular formula is C18H20N2O3S. The van der Waals surface area contributed by atoms with Crippen molar-refractivity contribution in [3.8, 4) is 0 Å². The second kappa shape index (κ2) is 8.88. The van der Waals surface area contributed by atoms with E-state index in [0.29, 0.717) is 6.54 Å². The Bertz CT molecular complexity index is 840. The second-order valence-corrected chi connectivity index (χ2v) is 6.20. The summed E-state index contributed by atoms with van der Waals surface area (Å²) in [4.78, 5) is 21.8. The number of nitrogens with zero attached hydrogens (tertiary/aromatic N) is 1. The van der Waals surface area contributed by atoms with E-state index < -0.39 is 6.09 Å². The van der Waals surface area contributed by atoms with Crippen molar-refractivity contribution < 1.29 is 9.90 Å². The summed E-state index contributed by atoms with van der Waals surface area (Å²) in [5, 5.41) is 11.4. The number of hydrogen-bond donors (Lipinski definition) is 2. The summed E-state index contributed by atoms with van der Waals surface area (Å²) in [6.45, 7) is 3.28. The van der Waals surface area contributed by atoms with Gasteiger partial charge in [0.2, 0.25) is 0 Å². The molecule has 2 aromatic carbocycles. The van der Waals surface area contributed by atoms with E-state index in [1.54, 1.807) is 11.5 Å². The molecule has 0 saturated carbocycles. The van der Waals surface area contributed by atoms with Crippen LogP contribution in [0.2, 0.25) is 0 Å². The van der Waals surface area contributed by atoms with Gasteiger partial charge in [0.05, 0.1) is 10.1 Å². The van der Waals surface area contributed by atoms with Crippen LogP contribution < -0.4 is 10.9 Å². The van der Waals surface area contributed by atoms with Crippen molar-refractivity contribution in [1.82, 2.24) is 9.27 Å². The van der Waals surface area contributed by atoms with Crippen LogP contribution in [0.25, 0.3) is 10.1 Å². The summed E-state index contributed by atoms with van der Waals surface area (Å²) in [7, 11) is 0. The zero-order valence-corrected chi connectivity index (χ0v) is 14.3. The fourth-order valence-electron chi connectivity index (χ4n) is 2.14. The molecule has 126 valence electrons. The molecule has 0 atom stereocenters. The second-order valence-electron chi connectivity index (χ2n) is 5.14. The maximum atomic E-state index is 11.7. The van der Waals surface area contributed by atoms with Crippen LogP contribution in [-0.4, -0.2) is 15.2 Å². The third-order valence-corrected chi connectivity index (χ3v) is 4.39. The number of carbonyl (C=O) groups is 1. The number of aromatic nitrogens is 1. The van der Waals surface area contributed by atoms with E-state index in [4.69, 9.17) is 5.11 Å². The Morgan fingerprint density at radius 1 is 1.12 bits per heavy atom. The topological polar surface area (TPSA) is 71.3 Å². The summed E-state index contributed by atoms with van der Waals surface area (Å²) in [6.07, 6.45) is 0.0149. The van der Waals surface area contributed by atoms with Gasteiger partial charge >= 0.3 is 6.09 Å². The van der Waals surface area contributed by atoms with Crippen molar-refractivity contribution >= 4 is 27.7 Å². The zero-order chi connectivity index (χ0) is 17.4. The molecule has 0 fully saturated rings. The molecule has 24 heavy (non-hydrogen) atoms. The predicted molar refractivity (Wildman–Crippen MR) is 97.7 cm³/mol. The molecule has 0 bridgehead atoms. The Morgan fingerprint density at radius 3 is 2.42 bits per heavy atom. The van der Waals surface area contributed by atoms with E-state index in [-0.39, 0.29) is 5.56 Å². The highest BCUT2D eigenvalue weighted by molar-refractivity contribution is 7.13. The molecule has 0 aliphatic rings. The lowest BCUT2D eigenvalue weighted by Gasteiger charge is -1.98. The third-order valence-electron chi connectivity index (χ3n) is 3.27. The fraction of sp³-hybridized carbons (Fsp3) is 0.222. The molecule has 1 amide bonds. The zero-order valence-electron chi connectivity index (χ0n) is 13.4. The number of fused-ring (bicyclic) bond motifs is 1. The lowest BCUT2D eigenvalue weighted by Crippen LogP contribution is -2.19. The van der Waals surface area contributed by atoms with E-state index in [0.717, 1.165) is 28.6 Å². The first-order valence-electron chi connectivity index (χ1n) is 7.71. The van der Waals surface area contributed by atoms with Crippen LogP contribution in [0.5, 0.6) is 0 Å². The maximum absolute atomic E-state index is 11.7. The molecule has 6 heteroatoms. The van der Waals surface area contributed by atoms with Gasteiger partial charge in [-0.25, -0.2) is 4.79 Å². The number of nitrogens with one attached hydrogen (secondary N) is 1. The van der Waals surface area contributed by atoms with E-state index in [9.17, 15) is 9.59 Å². The van der Waals surface area contributed by atoms with Gasteiger partial charge in [0.1, 0.15) is 0 Å². The number of rotatable bonds is 4. The van der Waals surface area contributed by atoms with Crippen molar-refractivity contribution in [2.24, 2.45) is 0 Å². The minimum atomic E-state index is -0.992. The van der Waals surface area contributed by atoms with Crippen LogP contribution in [0.4, 0.5) is 4.79 Å². The SMILES string of the molecule is CCCn1sc2ccccc2c1=O.O=C(O)NCc1ccccc1. The summed E-state index contributed by atoms with van der Waals surface area (Å²) in [5.74, 6) is 0. The Hall–Kier alpha value is -2.60. The third kappa shape index (κ3) is 4.96. The quantitative estimate of drug-likeness (QED) is 0.753. The highest BCUT2D eigenvalue weighted by Crippen LogP contribution is 2.15. The summed E-state index contributed by atoms with van der Waals surface area (Å²) in [5.41, 5.74) is 1.12. The lowest BCUT2D eigenvalue weighted by molar-refractivity contribution is 0.194. The molecule has 2 N–H and O–H groups in total. The van der Waals surface area contributed by atoms with E-state index >= 15 is 0 Å². The highest BCUT2D eigenvalue weighted by atomic mass is 32.1. The molecular weight excluding hydrogens is 324 g/mol. The predicted octanol–water partition coefficient (Wildman–Crippen LogP) is 3.93. The summed E-state index contributed by atoms with van der Waals surface area (Å²) >= 11 is 1.55. The Labute approximate surface area is 144 Å². The van der Waals surface area contributed by atoms with Gasteiger partial charge in [0.15, 0.2) is 0 Å². The van der Waals surface area contributed by atoms with Gasteiger partial charge in [-0.2, -0.15) is 0 Å². The van der Waals surface area contributed by atoms with Crippen molar-refractivity contribution in [2.45, 2.75) is 26.4 Å². The fourth-order valence-corrected chi connectivity index (χ4v) is 3.23. The molecule has 3 aromatic rings. The monoisotopic (exact) mass is 344 g/mol. The van der Waals surface area contributed by atoms with Gasteiger partial charge in [-0.1, -0.05) is 60.9 Å². The first-order chi connectivity index (χ1) is 11.6. The van der Waals surface area contributed by atoms with E-state index in [1.807, 2.05) is 58.6 Å². The average molecular weight is 344 g/mol. The molecule has 1 aromatic heterocycles. The largest absolute Gasteiger partial charge is 0.465 e. The average Bonchev–Trinajstić information content (AvgIpc) is 2.91. The van der Waals surface area contributed by atoms with Crippen LogP contribution in [0, 0.1) is 0 Å². The Balaban J connectivity index is 0.000000177. The molecule has 0 aliphatic heterocycles. The van der Waals surface area contributed by atoms with Gasteiger partial charge in [0, 0.05) is 13.1 Å². The van der Waals surface area contributed by atoms with Crippen LogP contribution >= 0.6 is 11.5 Å². The van der Waals surface area contributed by atoms with Crippen LogP contribution in [0.1, 0.15) is 18.9 Å². The summed E-state index contributed by atoms with van der Waals surface area (Å²) < 4.78 is 2.91. The van der Waals surface area contributed by atoms with Crippen molar-refractivity contribution in [3.63, 3.8) is 0 Å². The number of aryl methyl sites for hydroxylation is 1. The number of carboxylic acid groups (broad SMARTS) is 1. The summed E-state index contributed by atoms with van der Waals surface area (Å²) in [6, 6.07) is 17.1. The van der Waals surface area contributed by atoms with Crippen LogP contribution in [0.15, 0.2) is 59.4 Å². The normalized spacial score (nSPS) is 10.0. The number of benzene rings is 2. The number of amides is 1. The van der Waals surface area contributed by atoms with Crippen LogP contribution in [-0.2, 0) is 13.1 Å². The van der Waals surface area contributed by atoms with Gasteiger partial charge in [-0.15, -0.1) is 0 Å². The lowest BCUT2D eigenvalue weighted by atomic mass is 10.2. The van der Waals surface area contributed by atoms with Gasteiger partial charge in [-0.05, 0) is 24.1 Å². The smallest absolute Gasteiger partial charge is 0.404 e. The molecule has 0 saturated heterocycles. The van der Waals surface area contributed by atoms with Crippen molar-refractivity contribution in [2.75, 3.05) is 0 Å². The Morgan fingerprint density at radius 2 is 1.79 bits per heavy atom. The maximum Gasteiger partial charge on any atom is 0.404 e.